The van der Waals surface area contributed by atoms with E-state index in [1.54, 1.807) is 11.9 Å². The maximum Gasteiger partial charge on any atom is 0.416 e. The van der Waals surface area contributed by atoms with Crippen molar-refractivity contribution >= 4 is 6.09 Å². The van der Waals surface area contributed by atoms with Gasteiger partial charge in [-0.25, -0.2) is 4.79 Å². The van der Waals surface area contributed by atoms with Gasteiger partial charge in [0, 0.05) is 25.6 Å². The van der Waals surface area contributed by atoms with Gasteiger partial charge in [0.2, 0.25) is 0 Å². The van der Waals surface area contributed by atoms with E-state index < -0.39 is 17.3 Å². The number of halogens is 3. The molecule has 1 aromatic rings. The van der Waals surface area contributed by atoms with Gasteiger partial charge in [0.25, 0.3) is 0 Å². The predicted octanol–water partition coefficient (Wildman–Crippen LogP) is 3.93. The SMILES string of the molecule is CNC[C@@H](Oc1ccc(C(F)(F)F)cc1)[C@H]1CCN(C(=O)OC(C)(C)C)C1. The van der Waals surface area contributed by atoms with Crippen molar-refractivity contribution in [1.29, 1.82) is 0 Å². The van der Waals surface area contributed by atoms with Crippen molar-refractivity contribution in [1.82, 2.24) is 10.2 Å². The standard InChI is InChI=1S/C19H27F3N2O3/c1-18(2,3)27-17(25)24-10-9-13(12-24)16(11-23-4)26-15-7-5-14(6-8-15)19(20,21)22/h5-8,13,16,23H,9-12H2,1-4H3/t13-,16+/m0/s1. The molecule has 1 aromatic carbocycles. The summed E-state index contributed by atoms with van der Waals surface area (Å²) in [6.45, 7) is 7.02. The second kappa shape index (κ2) is 8.37. The van der Waals surface area contributed by atoms with Gasteiger partial charge in [0.05, 0.1) is 5.56 Å². The van der Waals surface area contributed by atoms with Crippen LogP contribution in [0.2, 0.25) is 0 Å². The topological polar surface area (TPSA) is 50.8 Å². The molecule has 0 saturated carbocycles. The smallest absolute Gasteiger partial charge is 0.416 e. The monoisotopic (exact) mass is 388 g/mol. The number of nitrogens with one attached hydrogen (secondary N) is 1. The number of benzene rings is 1. The number of likely N-dealkylation sites (N-methyl/N-ethyl adjacent to an activating group) is 1. The van der Waals surface area contributed by atoms with Crippen molar-refractivity contribution < 1.29 is 27.4 Å². The molecule has 1 saturated heterocycles. The summed E-state index contributed by atoms with van der Waals surface area (Å²) in [5.74, 6) is 0.436. The number of ether oxygens (including phenoxy) is 2. The maximum atomic E-state index is 12.7. The molecule has 0 aliphatic carbocycles. The van der Waals surface area contributed by atoms with Crippen LogP contribution >= 0.6 is 0 Å². The van der Waals surface area contributed by atoms with Crippen LogP contribution in [0, 0.1) is 5.92 Å². The second-order valence-electron chi connectivity index (χ2n) is 7.71. The van der Waals surface area contributed by atoms with Crippen LogP contribution in [0.25, 0.3) is 0 Å². The lowest BCUT2D eigenvalue weighted by Gasteiger charge is -2.27. The lowest BCUT2D eigenvalue weighted by Crippen LogP contribution is -2.40. The fourth-order valence-electron chi connectivity index (χ4n) is 2.99. The van der Waals surface area contributed by atoms with E-state index in [0.29, 0.717) is 25.4 Å². The van der Waals surface area contributed by atoms with Crippen LogP contribution in [0.3, 0.4) is 0 Å². The Morgan fingerprint density at radius 3 is 2.41 bits per heavy atom. The van der Waals surface area contributed by atoms with E-state index in [4.69, 9.17) is 9.47 Å². The Hall–Kier alpha value is -1.96. The van der Waals surface area contributed by atoms with Crippen molar-refractivity contribution in [3.8, 4) is 5.75 Å². The predicted molar refractivity (Wildman–Crippen MR) is 95.7 cm³/mol. The minimum Gasteiger partial charge on any atom is -0.489 e. The Morgan fingerprint density at radius 2 is 1.89 bits per heavy atom. The highest BCUT2D eigenvalue weighted by Crippen LogP contribution is 2.31. The Morgan fingerprint density at radius 1 is 1.26 bits per heavy atom. The van der Waals surface area contributed by atoms with Crippen molar-refractivity contribution in [2.24, 2.45) is 5.92 Å². The van der Waals surface area contributed by atoms with Gasteiger partial charge in [0.15, 0.2) is 0 Å². The van der Waals surface area contributed by atoms with Gasteiger partial charge < -0.3 is 19.7 Å². The van der Waals surface area contributed by atoms with Crippen LogP contribution in [0.1, 0.15) is 32.8 Å². The molecule has 8 heteroatoms. The number of alkyl halides is 3. The third-order valence-corrected chi connectivity index (χ3v) is 4.28. The zero-order chi connectivity index (χ0) is 20.2. The van der Waals surface area contributed by atoms with E-state index in [9.17, 15) is 18.0 Å². The molecule has 0 bridgehead atoms. The number of carbonyl (C=O) groups excluding carboxylic acids is 1. The largest absolute Gasteiger partial charge is 0.489 e. The molecule has 0 unspecified atom stereocenters. The van der Waals surface area contributed by atoms with Gasteiger partial charge in [-0.05, 0) is 58.5 Å². The van der Waals surface area contributed by atoms with Gasteiger partial charge >= 0.3 is 12.3 Å². The van der Waals surface area contributed by atoms with Crippen LogP contribution in [-0.4, -0.2) is 49.4 Å². The van der Waals surface area contributed by atoms with Crippen molar-refractivity contribution in [2.45, 2.75) is 45.1 Å². The molecular formula is C19H27F3N2O3. The Balaban J connectivity index is 2.00. The summed E-state index contributed by atoms with van der Waals surface area (Å²) in [6.07, 6.45) is -4.25. The first-order chi connectivity index (χ1) is 12.5. The molecule has 0 spiro atoms. The first-order valence-electron chi connectivity index (χ1n) is 8.96. The molecule has 2 rings (SSSR count). The van der Waals surface area contributed by atoms with Gasteiger partial charge in [-0.1, -0.05) is 0 Å². The molecular weight excluding hydrogens is 361 g/mol. The van der Waals surface area contributed by atoms with Gasteiger partial charge in [0.1, 0.15) is 17.5 Å². The highest BCUT2D eigenvalue weighted by Gasteiger charge is 2.35. The maximum absolute atomic E-state index is 12.7. The number of nitrogens with zero attached hydrogens (tertiary/aromatic N) is 1. The van der Waals surface area contributed by atoms with E-state index in [1.807, 2.05) is 20.8 Å². The summed E-state index contributed by atoms with van der Waals surface area (Å²) in [7, 11) is 1.78. The normalized spacial score (nSPS) is 19.1. The lowest BCUT2D eigenvalue weighted by atomic mass is 10.0. The van der Waals surface area contributed by atoms with Crippen molar-refractivity contribution in [3.05, 3.63) is 29.8 Å². The summed E-state index contributed by atoms with van der Waals surface area (Å²) in [4.78, 5) is 13.9. The first kappa shape index (κ1) is 21.3. The Bertz CT molecular complexity index is 627. The van der Waals surface area contributed by atoms with Crippen LogP contribution in [0.15, 0.2) is 24.3 Å². The minimum absolute atomic E-state index is 0.0623. The van der Waals surface area contributed by atoms with Gasteiger partial charge in [-0.15, -0.1) is 0 Å². The van der Waals surface area contributed by atoms with Crippen molar-refractivity contribution in [3.63, 3.8) is 0 Å². The van der Waals surface area contributed by atoms with E-state index in [1.165, 1.54) is 12.1 Å². The number of hydrogen-bond donors (Lipinski definition) is 1. The Labute approximate surface area is 157 Å². The first-order valence-corrected chi connectivity index (χ1v) is 8.96. The fourth-order valence-corrected chi connectivity index (χ4v) is 2.99. The zero-order valence-electron chi connectivity index (χ0n) is 16.1. The lowest BCUT2D eigenvalue weighted by molar-refractivity contribution is -0.137. The third-order valence-electron chi connectivity index (χ3n) is 4.28. The molecule has 1 heterocycles. The summed E-state index contributed by atoms with van der Waals surface area (Å²) in [5, 5.41) is 3.04. The zero-order valence-corrected chi connectivity index (χ0v) is 16.1. The fraction of sp³-hybridized carbons (Fsp3) is 0.632. The molecule has 5 nitrogen and oxygen atoms in total. The van der Waals surface area contributed by atoms with E-state index in [2.05, 4.69) is 5.32 Å². The molecule has 1 aliphatic heterocycles. The molecule has 1 amide bonds. The second-order valence-corrected chi connectivity index (χ2v) is 7.71. The molecule has 1 aliphatic rings. The average Bonchev–Trinajstić information content (AvgIpc) is 3.02. The number of carbonyl (C=O) groups is 1. The van der Waals surface area contributed by atoms with Gasteiger partial charge in [-0.3, -0.25) is 0 Å². The molecule has 1 N–H and O–H groups in total. The number of amides is 1. The molecule has 2 atom stereocenters. The van der Waals surface area contributed by atoms with Crippen LogP contribution < -0.4 is 10.1 Å². The van der Waals surface area contributed by atoms with Crippen LogP contribution in [-0.2, 0) is 10.9 Å². The molecule has 0 aromatic heterocycles. The molecule has 0 radical (unpaired) electrons. The Kier molecular flexibility index (Phi) is 6.62. The van der Waals surface area contributed by atoms with Crippen LogP contribution in [0.4, 0.5) is 18.0 Å². The van der Waals surface area contributed by atoms with Crippen LogP contribution in [0.5, 0.6) is 5.75 Å². The molecule has 1 fully saturated rings. The van der Waals surface area contributed by atoms with Gasteiger partial charge in [-0.2, -0.15) is 13.2 Å². The van der Waals surface area contributed by atoms with E-state index >= 15 is 0 Å². The number of likely N-dealkylation sites (tertiary alicyclic amines) is 1. The number of rotatable bonds is 5. The third kappa shape index (κ3) is 6.30. The summed E-state index contributed by atoms with van der Waals surface area (Å²) >= 11 is 0. The molecule has 27 heavy (non-hydrogen) atoms. The van der Waals surface area contributed by atoms with E-state index in [-0.39, 0.29) is 18.1 Å². The number of hydrogen-bond acceptors (Lipinski definition) is 4. The summed E-state index contributed by atoms with van der Waals surface area (Å²) in [6, 6.07) is 4.67. The van der Waals surface area contributed by atoms with Crippen molar-refractivity contribution in [2.75, 3.05) is 26.7 Å². The minimum atomic E-state index is -4.37. The highest BCUT2D eigenvalue weighted by molar-refractivity contribution is 5.68. The summed E-state index contributed by atoms with van der Waals surface area (Å²) < 4.78 is 49.4. The average molecular weight is 388 g/mol. The summed E-state index contributed by atoms with van der Waals surface area (Å²) in [5.41, 5.74) is -1.27. The highest BCUT2D eigenvalue weighted by atomic mass is 19.4. The quantitative estimate of drug-likeness (QED) is 0.831. The van der Waals surface area contributed by atoms with E-state index in [0.717, 1.165) is 18.6 Å². The molecule has 152 valence electrons.